The van der Waals surface area contributed by atoms with Crippen molar-refractivity contribution in [2.45, 2.75) is 0 Å². The van der Waals surface area contributed by atoms with Crippen LogP contribution in [0.4, 0.5) is 5.82 Å². The van der Waals surface area contributed by atoms with Gasteiger partial charge in [0.05, 0.1) is 25.3 Å². The Hall–Kier alpha value is -3.28. The highest BCUT2D eigenvalue weighted by Crippen LogP contribution is 2.34. The summed E-state index contributed by atoms with van der Waals surface area (Å²) < 4.78 is 12.0. The third-order valence-electron chi connectivity index (χ3n) is 4.18. The summed E-state index contributed by atoms with van der Waals surface area (Å²) >= 11 is 0. The first-order valence-electron chi connectivity index (χ1n) is 7.40. The zero-order chi connectivity index (χ0) is 16.8. The number of ether oxygens (including phenoxy) is 2. The number of hydrogen-bond donors (Lipinski definition) is 1. The predicted molar refractivity (Wildman–Crippen MR) is 92.5 cm³/mol. The Labute approximate surface area is 137 Å². The van der Waals surface area contributed by atoms with E-state index in [0.717, 1.165) is 16.4 Å². The maximum Gasteiger partial charge on any atom is 0.342 e. The summed E-state index contributed by atoms with van der Waals surface area (Å²) in [6.45, 7) is 0. The molecule has 4 aromatic rings. The number of methoxy groups -OCH3 is 2. The van der Waals surface area contributed by atoms with Gasteiger partial charge in [0.25, 0.3) is 0 Å². The maximum absolute atomic E-state index is 12.3. The minimum atomic E-state index is -0.484. The van der Waals surface area contributed by atoms with Gasteiger partial charge >= 0.3 is 5.97 Å². The van der Waals surface area contributed by atoms with Crippen LogP contribution in [-0.4, -0.2) is 29.6 Å². The van der Waals surface area contributed by atoms with Gasteiger partial charge in [-0.1, -0.05) is 12.1 Å². The smallest absolute Gasteiger partial charge is 0.342 e. The molecule has 0 amide bonds. The zero-order valence-electron chi connectivity index (χ0n) is 13.2. The lowest BCUT2D eigenvalue weighted by atomic mass is 10.1. The summed E-state index contributed by atoms with van der Waals surface area (Å²) in [4.78, 5) is 17.0. The molecule has 2 heterocycles. The molecule has 0 saturated heterocycles. The number of nitrogen functional groups attached to an aromatic ring is 1. The first kappa shape index (κ1) is 14.3. The molecule has 0 bridgehead atoms. The van der Waals surface area contributed by atoms with Gasteiger partial charge in [0.15, 0.2) is 0 Å². The number of rotatable bonds is 2. The molecule has 0 spiro atoms. The number of esters is 1. The summed E-state index contributed by atoms with van der Waals surface area (Å²) in [5.74, 6) is 0.502. The fourth-order valence-electron chi connectivity index (χ4n) is 3.07. The van der Waals surface area contributed by atoms with Gasteiger partial charge in [-0.05, 0) is 30.3 Å². The molecule has 6 nitrogen and oxygen atoms in total. The number of imidazole rings is 1. The zero-order valence-corrected chi connectivity index (χ0v) is 13.2. The highest BCUT2D eigenvalue weighted by atomic mass is 16.5. The van der Waals surface area contributed by atoms with E-state index in [1.54, 1.807) is 23.6 Å². The molecule has 0 aliphatic rings. The molecule has 0 atom stereocenters. The van der Waals surface area contributed by atoms with Gasteiger partial charge in [-0.3, -0.25) is 4.40 Å². The summed E-state index contributed by atoms with van der Waals surface area (Å²) in [6, 6.07) is 13.1. The van der Waals surface area contributed by atoms with Crippen molar-refractivity contribution in [3.63, 3.8) is 0 Å². The van der Waals surface area contributed by atoms with Gasteiger partial charge in [0, 0.05) is 10.8 Å². The van der Waals surface area contributed by atoms with Crippen LogP contribution in [-0.2, 0) is 4.74 Å². The minimum Gasteiger partial charge on any atom is -0.497 e. The van der Waals surface area contributed by atoms with E-state index in [-0.39, 0.29) is 0 Å². The van der Waals surface area contributed by atoms with E-state index in [1.807, 2.05) is 30.3 Å². The Morgan fingerprint density at radius 1 is 1.12 bits per heavy atom. The third kappa shape index (κ3) is 1.83. The molecule has 4 rings (SSSR count). The molecule has 2 N–H and O–H groups in total. The Bertz CT molecular complexity index is 1120. The van der Waals surface area contributed by atoms with Gasteiger partial charge in [-0.2, -0.15) is 0 Å². The quantitative estimate of drug-likeness (QED) is 0.574. The van der Waals surface area contributed by atoms with Gasteiger partial charge in [0.1, 0.15) is 22.8 Å². The van der Waals surface area contributed by atoms with Crippen molar-refractivity contribution in [3.05, 3.63) is 48.0 Å². The van der Waals surface area contributed by atoms with Gasteiger partial charge < -0.3 is 15.2 Å². The Morgan fingerprint density at radius 2 is 1.92 bits per heavy atom. The molecule has 2 aromatic heterocycles. The largest absolute Gasteiger partial charge is 0.497 e. The molecule has 6 heteroatoms. The summed E-state index contributed by atoms with van der Waals surface area (Å²) in [5, 5.41) is 1.46. The second kappa shape index (κ2) is 5.13. The fraction of sp³-hybridized carbons (Fsp3) is 0.111. The first-order valence-corrected chi connectivity index (χ1v) is 7.40. The van der Waals surface area contributed by atoms with E-state index >= 15 is 0 Å². The monoisotopic (exact) mass is 321 g/mol. The van der Waals surface area contributed by atoms with E-state index in [1.165, 1.54) is 7.11 Å². The molecule has 2 aromatic carbocycles. The van der Waals surface area contributed by atoms with Crippen LogP contribution in [0.2, 0.25) is 0 Å². The number of pyridine rings is 1. The second-order valence-corrected chi connectivity index (χ2v) is 5.42. The Balaban J connectivity index is 2.30. The van der Waals surface area contributed by atoms with Crippen LogP contribution in [0, 0.1) is 0 Å². The number of hydrogen-bond acceptors (Lipinski definition) is 5. The Morgan fingerprint density at radius 3 is 2.67 bits per heavy atom. The third-order valence-corrected chi connectivity index (χ3v) is 4.18. The number of anilines is 1. The van der Waals surface area contributed by atoms with Crippen molar-refractivity contribution >= 4 is 39.2 Å². The number of carbonyl (C=O) groups is 1. The van der Waals surface area contributed by atoms with Crippen LogP contribution in [0.5, 0.6) is 5.75 Å². The number of benzene rings is 2. The van der Waals surface area contributed by atoms with Crippen LogP contribution < -0.4 is 10.5 Å². The van der Waals surface area contributed by atoms with Crippen molar-refractivity contribution in [2.24, 2.45) is 0 Å². The average Bonchev–Trinajstić information content (AvgIpc) is 3.01. The number of aromatic nitrogens is 2. The van der Waals surface area contributed by atoms with Crippen molar-refractivity contribution in [1.29, 1.82) is 0 Å². The highest BCUT2D eigenvalue weighted by molar-refractivity contribution is 6.13. The molecular weight excluding hydrogens is 306 g/mol. The molecule has 24 heavy (non-hydrogen) atoms. The Kier molecular flexibility index (Phi) is 3.06. The van der Waals surface area contributed by atoms with E-state index in [0.29, 0.717) is 28.2 Å². The molecule has 0 saturated carbocycles. The van der Waals surface area contributed by atoms with E-state index < -0.39 is 5.97 Å². The van der Waals surface area contributed by atoms with E-state index in [9.17, 15) is 4.79 Å². The standard InChI is InChI=1S/C18H15N3O3/c1-23-10-7-8-11-12(9-10)17-20-13-5-3-4-6-14(13)21(17)16(19)15(11)18(22)24-2/h3-9H,19H2,1-2H3. The lowest BCUT2D eigenvalue weighted by Crippen LogP contribution is -2.11. The molecule has 0 aliphatic heterocycles. The number of para-hydroxylation sites is 2. The summed E-state index contributed by atoms with van der Waals surface area (Å²) in [6.07, 6.45) is 0. The second-order valence-electron chi connectivity index (χ2n) is 5.42. The molecular formula is C18H15N3O3. The topological polar surface area (TPSA) is 78.9 Å². The van der Waals surface area contributed by atoms with Crippen LogP contribution in [0.15, 0.2) is 42.5 Å². The van der Waals surface area contributed by atoms with Gasteiger partial charge in [-0.15, -0.1) is 0 Å². The fourth-order valence-corrected chi connectivity index (χ4v) is 3.07. The van der Waals surface area contributed by atoms with Crippen molar-refractivity contribution in [2.75, 3.05) is 20.0 Å². The molecule has 120 valence electrons. The summed E-state index contributed by atoms with van der Waals surface area (Å²) in [7, 11) is 2.94. The lowest BCUT2D eigenvalue weighted by molar-refractivity contribution is 0.0604. The normalized spacial score (nSPS) is 11.2. The number of fused-ring (bicyclic) bond motifs is 5. The molecule has 0 aliphatic carbocycles. The minimum absolute atomic E-state index is 0.309. The van der Waals surface area contributed by atoms with Crippen molar-refractivity contribution < 1.29 is 14.3 Å². The molecule has 0 unspecified atom stereocenters. The maximum atomic E-state index is 12.3. The number of nitrogens with two attached hydrogens (primary N) is 1. The number of carbonyl (C=O) groups excluding carboxylic acids is 1. The van der Waals surface area contributed by atoms with Crippen molar-refractivity contribution in [3.8, 4) is 5.75 Å². The van der Waals surface area contributed by atoms with Gasteiger partial charge in [0.2, 0.25) is 0 Å². The van der Waals surface area contributed by atoms with E-state index in [4.69, 9.17) is 15.2 Å². The first-order chi connectivity index (χ1) is 11.7. The lowest BCUT2D eigenvalue weighted by Gasteiger charge is -2.12. The SMILES string of the molecule is COC(=O)c1c(N)n2c3ccccc3nc2c2cc(OC)ccc12. The summed E-state index contributed by atoms with van der Waals surface area (Å²) in [5.41, 5.74) is 8.97. The number of nitrogens with zero attached hydrogens (tertiary/aromatic N) is 2. The van der Waals surface area contributed by atoms with Crippen LogP contribution in [0.1, 0.15) is 10.4 Å². The predicted octanol–water partition coefficient (Wildman–Crippen LogP) is 3.02. The van der Waals surface area contributed by atoms with Gasteiger partial charge in [-0.25, -0.2) is 9.78 Å². The molecule has 0 fully saturated rings. The average molecular weight is 321 g/mol. The van der Waals surface area contributed by atoms with Crippen molar-refractivity contribution in [1.82, 2.24) is 9.38 Å². The highest BCUT2D eigenvalue weighted by Gasteiger charge is 2.21. The van der Waals surface area contributed by atoms with Crippen LogP contribution in [0.3, 0.4) is 0 Å². The van der Waals surface area contributed by atoms with Crippen LogP contribution >= 0.6 is 0 Å². The molecule has 0 radical (unpaired) electrons. The van der Waals surface area contributed by atoms with E-state index in [2.05, 4.69) is 4.98 Å². The van der Waals surface area contributed by atoms with Crippen LogP contribution in [0.25, 0.3) is 27.5 Å².